The van der Waals surface area contributed by atoms with Crippen molar-refractivity contribution in [2.75, 3.05) is 67.8 Å². The monoisotopic (exact) mass is 1180 g/mol. The minimum Gasteiger partial charge on any atom is -0.459 e. The third-order valence-electron chi connectivity index (χ3n) is 18.1. The van der Waals surface area contributed by atoms with Crippen LogP contribution in [0.5, 0.6) is 0 Å². The van der Waals surface area contributed by atoms with Gasteiger partial charge in [-0.2, -0.15) is 0 Å². The molecule has 0 bridgehead atoms. The smallest absolute Gasteiger partial charge is 0.311 e. The van der Waals surface area contributed by atoms with Crippen molar-refractivity contribution >= 4 is 23.4 Å². The average Bonchev–Trinajstić information content (AvgIpc) is 3.91. The summed E-state index contributed by atoms with van der Waals surface area (Å²) in [5.74, 6) is -3.70. The van der Waals surface area contributed by atoms with Crippen LogP contribution in [0.15, 0.2) is 36.5 Å². The quantitative estimate of drug-likeness (QED) is 0.131. The van der Waals surface area contributed by atoms with Crippen molar-refractivity contribution < 1.29 is 82.2 Å². The molecule has 5 N–H and O–H groups in total. The molecule has 0 aliphatic carbocycles. The van der Waals surface area contributed by atoms with Crippen molar-refractivity contribution in [1.82, 2.24) is 29.7 Å². The maximum absolute atomic E-state index is 15.1. The highest BCUT2D eigenvalue weighted by atomic mass is 19.1. The number of carbonyl (C=O) groups is 3. The first kappa shape index (κ1) is 68.0. The molecule has 0 radical (unpaired) electrons. The third kappa shape index (κ3) is 16.3. The molecule has 1 aromatic heterocycles. The number of nitrogens with zero attached hydrogens (tertiary/aromatic N) is 6. The first-order valence-electron chi connectivity index (χ1n) is 29.5. The lowest BCUT2D eigenvalue weighted by atomic mass is 9.77. The van der Waals surface area contributed by atoms with Crippen LogP contribution in [-0.2, 0) is 58.7 Å². The van der Waals surface area contributed by atoms with E-state index in [0.29, 0.717) is 51.1 Å². The Kier molecular flexibility index (Phi) is 23.8. The highest BCUT2D eigenvalue weighted by molar-refractivity contribution is 5.81. The lowest BCUT2D eigenvalue weighted by Gasteiger charge is -2.49. The zero-order chi connectivity index (χ0) is 61.5. The number of carbonyl (C=O) groups excluding carboxylic acids is 3. The van der Waals surface area contributed by atoms with Crippen LogP contribution in [0.1, 0.15) is 137 Å². The van der Waals surface area contributed by atoms with E-state index in [-0.39, 0.29) is 37.7 Å². The second kappa shape index (κ2) is 29.1. The predicted molar refractivity (Wildman–Crippen MR) is 304 cm³/mol. The lowest BCUT2D eigenvalue weighted by molar-refractivity contribution is -0.318. The van der Waals surface area contributed by atoms with Gasteiger partial charge in [0, 0.05) is 84.4 Å². The number of alkyl halides is 1. The topological polar surface area (TPSA) is 267 Å². The molecule has 0 unspecified atom stereocenters. The van der Waals surface area contributed by atoms with Gasteiger partial charge in [0.15, 0.2) is 19.2 Å². The van der Waals surface area contributed by atoms with Crippen LogP contribution >= 0.6 is 0 Å². The maximum atomic E-state index is 15.1. The SMILES string of the molecule is CC[C@H]1OC(=O)[C@H](C)[C@@H](O[C@H]2C[C@@](C)(OC)[C@@H](O)[C@H](C)O2)[C@H](C)[C@@H](O[C@@H]2O[C@H](C)C[C@H](N(C)CCc3cn([C@H](CF)[C@H](OC)c4ccc(C5=CCN(C(=O)COC(C)=O)CC5)cc4)nn3)[C@H]2O)[C@](C)(O)C[C@@H](C)CN(C)[C@H](C)[C@@H](O)[C@]1(C)O. The molecule has 470 valence electrons. The molecule has 6 rings (SSSR count). The van der Waals surface area contributed by atoms with Gasteiger partial charge in [-0.25, -0.2) is 9.07 Å². The van der Waals surface area contributed by atoms with E-state index in [4.69, 9.17) is 37.9 Å². The lowest BCUT2D eigenvalue weighted by Crippen LogP contribution is -2.61. The Labute approximate surface area is 489 Å². The van der Waals surface area contributed by atoms with Gasteiger partial charge in [-0.15, -0.1) is 5.10 Å². The van der Waals surface area contributed by atoms with Crippen LogP contribution in [0.25, 0.3) is 5.57 Å². The van der Waals surface area contributed by atoms with E-state index >= 15 is 4.39 Å². The van der Waals surface area contributed by atoms with Crippen LogP contribution in [0.3, 0.4) is 0 Å². The number of rotatable bonds is 18. The third-order valence-corrected chi connectivity index (χ3v) is 18.1. The number of cyclic esters (lactones) is 1. The van der Waals surface area contributed by atoms with Gasteiger partial charge in [-0.05, 0) is 111 Å². The molecule has 22 nitrogen and oxygen atoms in total. The van der Waals surface area contributed by atoms with Gasteiger partial charge in [0.2, 0.25) is 0 Å². The van der Waals surface area contributed by atoms with E-state index in [0.717, 1.165) is 16.7 Å². The van der Waals surface area contributed by atoms with Crippen molar-refractivity contribution in [3.8, 4) is 0 Å². The number of hydrogen-bond acceptors (Lipinski definition) is 20. The molecule has 20 atom stereocenters. The summed E-state index contributed by atoms with van der Waals surface area (Å²) in [5, 5.41) is 68.8. The molecule has 1 amide bonds. The number of hydrogen-bond donors (Lipinski definition) is 5. The summed E-state index contributed by atoms with van der Waals surface area (Å²) in [4.78, 5) is 43.7. The average molecular weight is 1180 g/mol. The Morgan fingerprint density at radius 3 is 2.27 bits per heavy atom. The summed E-state index contributed by atoms with van der Waals surface area (Å²) >= 11 is 0. The van der Waals surface area contributed by atoms with Crippen LogP contribution in [0.4, 0.5) is 4.39 Å². The number of methoxy groups -OCH3 is 2. The Hall–Kier alpha value is -4.08. The highest BCUT2D eigenvalue weighted by Gasteiger charge is 2.53. The van der Waals surface area contributed by atoms with Gasteiger partial charge in [0.25, 0.3) is 5.91 Å². The predicted octanol–water partition coefficient (Wildman–Crippen LogP) is 4.18. The van der Waals surface area contributed by atoms with E-state index in [1.807, 2.05) is 68.1 Å². The summed E-state index contributed by atoms with van der Waals surface area (Å²) in [7, 11) is 6.70. The number of aliphatic hydroxyl groups excluding tert-OH is 3. The van der Waals surface area contributed by atoms with Crippen LogP contribution in [0, 0.1) is 17.8 Å². The molecule has 23 heteroatoms. The summed E-state index contributed by atoms with van der Waals surface area (Å²) in [5.41, 5.74) is -1.30. The first-order valence-corrected chi connectivity index (χ1v) is 29.5. The summed E-state index contributed by atoms with van der Waals surface area (Å²) in [6.45, 7) is 19.2. The van der Waals surface area contributed by atoms with Crippen molar-refractivity contribution in [3.63, 3.8) is 0 Å². The molecular formula is C60H97FN6O16. The molecule has 0 saturated carbocycles. The fourth-order valence-corrected chi connectivity index (χ4v) is 12.8. The molecule has 3 saturated heterocycles. The van der Waals surface area contributed by atoms with Crippen LogP contribution in [0.2, 0.25) is 0 Å². The van der Waals surface area contributed by atoms with Crippen molar-refractivity contribution in [2.45, 2.75) is 217 Å². The molecule has 83 heavy (non-hydrogen) atoms. The number of esters is 2. The van der Waals surface area contributed by atoms with Crippen molar-refractivity contribution in [1.29, 1.82) is 0 Å². The molecule has 0 spiro atoms. The number of aliphatic hydroxyl groups is 5. The van der Waals surface area contributed by atoms with Crippen LogP contribution < -0.4 is 0 Å². The highest BCUT2D eigenvalue weighted by Crippen LogP contribution is 2.41. The number of benzene rings is 1. The first-order chi connectivity index (χ1) is 39.0. The zero-order valence-corrected chi connectivity index (χ0v) is 51.6. The molecule has 1 aromatic carbocycles. The van der Waals surface area contributed by atoms with Crippen LogP contribution in [-0.4, -0.2) is 231 Å². The molecule has 4 aliphatic rings. The zero-order valence-electron chi connectivity index (χ0n) is 51.6. The molecule has 3 fully saturated rings. The van der Waals surface area contributed by atoms with Gasteiger partial charge in [0.1, 0.15) is 48.8 Å². The van der Waals surface area contributed by atoms with Crippen molar-refractivity contribution in [3.05, 3.63) is 53.4 Å². The second-order valence-electron chi connectivity index (χ2n) is 24.7. The fourth-order valence-electron chi connectivity index (χ4n) is 12.8. The van der Waals surface area contributed by atoms with Gasteiger partial charge in [0.05, 0.1) is 47.2 Å². The van der Waals surface area contributed by atoms with E-state index in [2.05, 4.69) is 10.3 Å². The fraction of sp³-hybridized carbons (Fsp3) is 0.783. The largest absolute Gasteiger partial charge is 0.459 e. The Bertz CT molecular complexity index is 2450. The number of ether oxygens (including phenoxy) is 8. The molecular weight excluding hydrogens is 1080 g/mol. The summed E-state index contributed by atoms with van der Waals surface area (Å²) in [6, 6.07) is 5.70. The van der Waals surface area contributed by atoms with Gasteiger partial charge >= 0.3 is 11.9 Å². The van der Waals surface area contributed by atoms with Gasteiger partial charge < -0.3 is 78.1 Å². The Balaban J connectivity index is 1.21. The van der Waals surface area contributed by atoms with Gasteiger partial charge in [-0.1, -0.05) is 56.3 Å². The Morgan fingerprint density at radius 1 is 0.976 bits per heavy atom. The maximum Gasteiger partial charge on any atom is 0.311 e. The molecule has 2 aromatic rings. The van der Waals surface area contributed by atoms with E-state index in [1.165, 1.54) is 32.7 Å². The number of likely N-dealkylation sites (N-methyl/N-ethyl adjacent to an activating group) is 2. The van der Waals surface area contributed by atoms with Crippen molar-refractivity contribution in [2.24, 2.45) is 17.8 Å². The standard InChI is InChI=1S/C60H97FN6O16/c1-16-47-60(11,75)53(71)38(6)65(13)31-34(2)28-58(9,74)55(36(4)51(37(5)56(73)81-47)82-49-29-59(10,77-15)54(72)39(7)80-49)83-57-50(70)45(27-35(3)79-57)64(12)24-23-44-32-67(63-62-44)46(30-61)52(76-14)43-19-17-41(18-20-43)42-21-25-66(26-22-42)48(69)33-78-40(8)68/h17-21,32,34-39,45-47,49-55,57,70-72,74-75H,16,22-31,33H2,1-15H3/t34-,35-,36+,37-,38-,39+,45+,46-,47-,49+,50-,51+,52-,53-,54+,55-,57+,58-,59-,60-/m1/s1. The molecule has 5 heterocycles. The van der Waals surface area contributed by atoms with Gasteiger partial charge in [-0.3, -0.25) is 14.4 Å². The number of halogens is 1. The second-order valence-corrected chi connectivity index (χ2v) is 24.7. The Morgan fingerprint density at radius 2 is 1.66 bits per heavy atom. The number of aromatic nitrogens is 3. The van der Waals surface area contributed by atoms with E-state index in [9.17, 15) is 39.9 Å². The normalized spacial score (nSPS) is 37.2. The summed E-state index contributed by atoms with van der Waals surface area (Å²) < 4.78 is 65.7. The molecule has 4 aliphatic heterocycles. The number of amides is 1. The minimum absolute atomic E-state index is 0.0717. The van der Waals surface area contributed by atoms with E-state index < -0.39 is 133 Å². The minimum atomic E-state index is -1.87. The van der Waals surface area contributed by atoms with E-state index in [1.54, 1.807) is 59.6 Å². The summed E-state index contributed by atoms with van der Waals surface area (Å²) in [6.07, 6.45) is -5.74.